The molecule has 24 heavy (non-hydrogen) atoms. The normalized spacial score (nSPS) is 15.3. The summed E-state index contributed by atoms with van der Waals surface area (Å²) >= 11 is 0. The Morgan fingerprint density at radius 2 is 1.17 bits per heavy atom. The molecule has 1 rings (SSSR count). The first-order valence-corrected chi connectivity index (χ1v) is 8.92. The summed E-state index contributed by atoms with van der Waals surface area (Å²) < 4.78 is 0. The number of rotatable bonds is 10. The van der Waals surface area contributed by atoms with Crippen LogP contribution in [-0.4, -0.2) is 12.2 Å². The Morgan fingerprint density at radius 1 is 0.792 bits per heavy atom. The Hall–Kier alpha value is -0.940. The Bertz CT molecular complexity index is 455. The van der Waals surface area contributed by atoms with Crippen LogP contribution in [0, 0.1) is 0 Å². The second kappa shape index (κ2) is 8.95. The molecule has 0 aromatic heterocycles. The van der Waals surface area contributed by atoms with E-state index in [1.54, 1.807) is 0 Å². The van der Waals surface area contributed by atoms with Gasteiger partial charge in [0.15, 0.2) is 0 Å². The highest BCUT2D eigenvalue weighted by atomic mass is 17.2. The number of hydrogen-bond donors (Lipinski definition) is 0. The van der Waals surface area contributed by atoms with Crippen molar-refractivity contribution in [1.29, 1.82) is 0 Å². The van der Waals surface area contributed by atoms with Crippen molar-refractivity contribution < 1.29 is 19.6 Å². The fourth-order valence-electron chi connectivity index (χ4n) is 1.91. The van der Waals surface area contributed by atoms with E-state index in [4.69, 9.17) is 19.6 Å². The van der Waals surface area contributed by atoms with Crippen LogP contribution in [0.1, 0.15) is 79.4 Å². The highest BCUT2D eigenvalue weighted by molar-refractivity contribution is 5.30. The molecule has 0 aliphatic carbocycles. The van der Waals surface area contributed by atoms with Crippen LogP contribution in [0.4, 0.5) is 0 Å². The first kappa shape index (κ1) is 21.1. The maximum atomic E-state index is 5.68. The second-order valence-electron chi connectivity index (χ2n) is 7.40. The molecule has 2 unspecified atom stereocenters. The molecule has 0 saturated carbocycles. The van der Waals surface area contributed by atoms with Crippen LogP contribution in [-0.2, 0) is 30.8 Å². The SMILES string of the molecule is CCC(C)OOC(C)(C)c1cccc(C(C)(C)OOC(C)CC)c1. The summed E-state index contributed by atoms with van der Waals surface area (Å²) in [6, 6.07) is 8.16. The quantitative estimate of drug-likeness (QED) is 0.408. The van der Waals surface area contributed by atoms with Gasteiger partial charge in [-0.2, -0.15) is 0 Å². The molecule has 0 spiro atoms. The predicted octanol–water partition coefficient (Wildman–Crippen LogP) is 5.65. The summed E-state index contributed by atoms with van der Waals surface area (Å²) in [6.45, 7) is 16.1. The highest BCUT2D eigenvalue weighted by Gasteiger charge is 2.28. The van der Waals surface area contributed by atoms with Crippen LogP contribution in [0.25, 0.3) is 0 Å². The van der Waals surface area contributed by atoms with E-state index in [0.717, 1.165) is 24.0 Å². The lowest BCUT2D eigenvalue weighted by Crippen LogP contribution is -2.27. The van der Waals surface area contributed by atoms with Crippen molar-refractivity contribution in [2.75, 3.05) is 0 Å². The fraction of sp³-hybridized carbons (Fsp3) is 0.700. The summed E-state index contributed by atoms with van der Waals surface area (Å²) in [6.07, 6.45) is 1.95. The van der Waals surface area contributed by atoms with Gasteiger partial charge in [-0.1, -0.05) is 32.0 Å². The van der Waals surface area contributed by atoms with Crippen LogP contribution in [0.5, 0.6) is 0 Å². The largest absolute Gasteiger partial charge is 0.233 e. The average molecular weight is 338 g/mol. The summed E-state index contributed by atoms with van der Waals surface area (Å²) in [5.74, 6) is 0. The van der Waals surface area contributed by atoms with Crippen LogP contribution < -0.4 is 0 Å². The summed E-state index contributed by atoms with van der Waals surface area (Å²) in [4.78, 5) is 22.3. The molecule has 0 bridgehead atoms. The Morgan fingerprint density at radius 3 is 1.50 bits per heavy atom. The predicted molar refractivity (Wildman–Crippen MR) is 96.3 cm³/mol. The van der Waals surface area contributed by atoms with Gasteiger partial charge in [-0.25, -0.2) is 19.6 Å². The van der Waals surface area contributed by atoms with Crippen molar-refractivity contribution in [1.82, 2.24) is 0 Å². The van der Waals surface area contributed by atoms with Gasteiger partial charge in [0.1, 0.15) is 11.2 Å². The Balaban J connectivity index is 2.88. The molecule has 1 aromatic carbocycles. The lowest BCUT2D eigenvalue weighted by atomic mass is 9.91. The molecule has 2 atom stereocenters. The molecule has 0 fully saturated rings. The Labute approximate surface area is 147 Å². The van der Waals surface area contributed by atoms with Gasteiger partial charge >= 0.3 is 0 Å². The molecule has 0 amide bonds. The van der Waals surface area contributed by atoms with Gasteiger partial charge in [0.2, 0.25) is 0 Å². The van der Waals surface area contributed by atoms with Gasteiger partial charge in [-0.3, -0.25) is 0 Å². The van der Waals surface area contributed by atoms with Gasteiger partial charge in [-0.15, -0.1) is 0 Å². The van der Waals surface area contributed by atoms with Gasteiger partial charge in [0.05, 0.1) is 12.2 Å². The van der Waals surface area contributed by atoms with Crippen LogP contribution in [0.15, 0.2) is 24.3 Å². The topological polar surface area (TPSA) is 36.9 Å². The zero-order valence-corrected chi connectivity index (χ0v) is 16.5. The van der Waals surface area contributed by atoms with E-state index in [9.17, 15) is 0 Å². The smallest absolute Gasteiger partial charge is 0.123 e. The third-order valence-electron chi connectivity index (χ3n) is 4.24. The molecule has 0 aliphatic rings. The van der Waals surface area contributed by atoms with E-state index in [2.05, 4.69) is 19.9 Å². The number of benzene rings is 1. The molecule has 0 N–H and O–H groups in total. The molecule has 4 heteroatoms. The minimum absolute atomic E-state index is 0.0659. The van der Waals surface area contributed by atoms with E-state index in [1.165, 1.54) is 0 Å². The van der Waals surface area contributed by atoms with Crippen molar-refractivity contribution >= 4 is 0 Å². The molecule has 1 aromatic rings. The van der Waals surface area contributed by atoms with E-state index >= 15 is 0 Å². The minimum atomic E-state index is -0.549. The van der Waals surface area contributed by atoms with Crippen molar-refractivity contribution in [2.24, 2.45) is 0 Å². The lowest BCUT2D eigenvalue weighted by molar-refractivity contribution is -0.381. The molecule has 138 valence electrons. The molecule has 0 heterocycles. The summed E-state index contributed by atoms with van der Waals surface area (Å²) in [5, 5.41) is 0. The van der Waals surface area contributed by atoms with Gasteiger partial charge < -0.3 is 0 Å². The highest BCUT2D eigenvalue weighted by Crippen LogP contribution is 2.31. The van der Waals surface area contributed by atoms with E-state index in [0.29, 0.717) is 0 Å². The Kier molecular flexibility index (Phi) is 7.87. The molecular weight excluding hydrogens is 304 g/mol. The summed E-state index contributed by atoms with van der Waals surface area (Å²) in [5.41, 5.74) is 0.965. The zero-order chi connectivity index (χ0) is 18.4. The molecule has 0 radical (unpaired) electrons. The first-order chi connectivity index (χ1) is 11.1. The zero-order valence-electron chi connectivity index (χ0n) is 16.5. The maximum Gasteiger partial charge on any atom is 0.123 e. The molecule has 0 saturated heterocycles. The van der Waals surface area contributed by atoms with Gasteiger partial charge in [-0.05, 0) is 71.6 Å². The molecule has 0 aliphatic heterocycles. The standard InChI is InChI=1S/C20H34O4/c1-9-15(3)21-23-19(5,6)17-12-11-13-18(14-17)20(7,8)24-22-16(4)10-2/h11-16H,9-10H2,1-8H3. The van der Waals surface area contributed by atoms with Crippen molar-refractivity contribution in [2.45, 2.75) is 91.6 Å². The van der Waals surface area contributed by atoms with E-state index in [-0.39, 0.29) is 12.2 Å². The monoisotopic (exact) mass is 338 g/mol. The van der Waals surface area contributed by atoms with Crippen LogP contribution >= 0.6 is 0 Å². The summed E-state index contributed by atoms with van der Waals surface area (Å²) in [7, 11) is 0. The van der Waals surface area contributed by atoms with E-state index in [1.807, 2.05) is 59.7 Å². The maximum absolute atomic E-state index is 5.68. The lowest BCUT2D eigenvalue weighted by Gasteiger charge is -2.29. The average Bonchev–Trinajstić information content (AvgIpc) is 2.57. The van der Waals surface area contributed by atoms with Crippen LogP contribution in [0.3, 0.4) is 0 Å². The minimum Gasteiger partial charge on any atom is -0.233 e. The van der Waals surface area contributed by atoms with Crippen LogP contribution in [0.2, 0.25) is 0 Å². The van der Waals surface area contributed by atoms with Gasteiger partial charge in [0, 0.05) is 0 Å². The molecule has 4 nitrogen and oxygen atoms in total. The van der Waals surface area contributed by atoms with Crippen molar-refractivity contribution in [3.05, 3.63) is 35.4 Å². The molecular formula is C20H34O4. The number of hydrogen-bond acceptors (Lipinski definition) is 4. The third kappa shape index (κ3) is 6.17. The van der Waals surface area contributed by atoms with Crippen molar-refractivity contribution in [3.8, 4) is 0 Å². The van der Waals surface area contributed by atoms with Gasteiger partial charge in [0.25, 0.3) is 0 Å². The van der Waals surface area contributed by atoms with E-state index < -0.39 is 11.2 Å². The second-order valence-corrected chi connectivity index (χ2v) is 7.40. The first-order valence-electron chi connectivity index (χ1n) is 8.92. The fourth-order valence-corrected chi connectivity index (χ4v) is 1.91. The third-order valence-corrected chi connectivity index (χ3v) is 4.24. The van der Waals surface area contributed by atoms with Crippen molar-refractivity contribution in [3.63, 3.8) is 0 Å².